The summed E-state index contributed by atoms with van der Waals surface area (Å²) >= 11 is 0. The van der Waals surface area contributed by atoms with E-state index in [1.54, 1.807) is 18.2 Å². The van der Waals surface area contributed by atoms with Crippen LogP contribution in [0.1, 0.15) is 28.4 Å². The summed E-state index contributed by atoms with van der Waals surface area (Å²) in [6, 6.07) is 10.8. The quantitative estimate of drug-likeness (QED) is 0.543. The van der Waals surface area contributed by atoms with Crippen molar-refractivity contribution in [3.8, 4) is 0 Å². The molecule has 3 aromatic rings. The van der Waals surface area contributed by atoms with Crippen LogP contribution in [-0.2, 0) is 5.54 Å². The second kappa shape index (κ2) is 6.01. The van der Waals surface area contributed by atoms with Crippen molar-refractivity contribution >= 4 is 5.84 Å². The molecule has 5 rings (SSSR count). The highest BCUT2D eigenvalue weighted by molar-refractivity contribution is 6.02. The number of amidine groups is 1. The summed E-state index contributed by atoms with van der Waals surface area (Å²) in [5.74, 6) is -0.663. The van der Waals surface area contributed by atoms with E-state index >= 15 is 0 Å². The topological polar surface area (TPSA) is 59.3 Å². The van der Waals surface area contributed by atoms with Crippen molar-refractivity contribution in [2.45, 2.75) is 11.6 Å². The Hall–Kier alpha value is -3.49. The third kappa shape index (κ3) is 2.29. The number of hydrogen-bond acceptors (Lipinski definition) is 4. The van der Waals surface area contributed by atoms with Crippen LogP contribution in [0.2, 0.25) is 0 Å². The minimum atomic E-state index is -0.851. The molecule has 1 aromatic carbocycles. The normalized spacial score (nSPS) is 21.5. The second-order valence-corrected chi connectivity index (χ2v) is 6.45. The largest absolute Gasteiger partial charge is 0.354 e. The van der Waals surface area contributed by atoms with E-state index in [0.717, 1.165) is 17.8 Å². The number of aromatic nitrogens is 2. The molecule has 0 saturated carbocycles. The van der Waals surface area contributed by atoms with E-state index in [-0.39, 0.29) is 15.3 Å². The molecule has 1 aliphatic heterocycles. The number of nitrogens with one attached hydrogen (secondary N) is 1. The van der Waals surface area contributed by atoms with E-state index < -0.39 is 23.1 Å². The van der Waals surface area contributed by atoms with E-state index in [1.165, 1.54) is 24.3 Å². The molecule has 142 valence electrons. The zero-order chi connectivity index (χ0) is 18.8. The number of benzene rings is 1. The van der Waals surface area contributed by atoms with Crippen LogP contribution in [0.3, 0.4) is 0 Å². The fourth-order valence-corrected chi connectivity index (χ4v) is 3.75. The van der Waals surface area contributed by atoms with E-state index in [4.69, 9.17) is 0 Å². The van der Waals surface area contributed by atoms with Crippen LogP contribution in [0.4, 0.5) is 18.0 Å². The van der Waals surface area contributed by atoms with Gasteiger partial charge in [-0.3, -0.25) is 14.5 Å². The molecule has 0 bridgehead atoms. The number of fused-ring (bicyclic) bond motifs is 4. The SMILES string of the molecule is F.O=c1ccc(C2=N[C@H]3c4nc(F)ccc4C3(c3ccc(F)cc3)N2)cn1F. The van der Waals surface area contributed by atoms with Crippen LogP contribution >= 0.6 is 0 Å². The number of aliphatic imine (C=N–C) groups is 1. The molecule has 0 spiro atoms. The summed E-state index contributed by atoms with van der Waals surface area (Å²) in [7, 11) is 0. The Morgan fingerprint density at radius 1 is 1.04 bits per heavy atom. The average molecular weight is 388 g/mol. The van der Waals surface area contributed by atoms with Gasteiger partial charge in [0.15, 0.2) is 0 Å². The maximum Gasteiger partial charge on any atom is 0.278 e. The lowest BCUT2D eigenvalue weighted by Gasteiger charge is -2.45. The maximum atomic E-state index is 13.6. The first-order chi connectivity index (χ1) is 13.0. The Bertz CT molecular complexity index is 1180. The fraction of sp³-hybridized carbons (Fsp3) is 0.105. The van der Waals surface area contributed by atoms with Gasteiger partial charge in [0.25, 0.3) is 5.56 Å². The molecule has 28 heavy (non-hydrogen) atoms. The highest BCUT2D eigenvalue weighted by Crippen LogP contribution is 2.56. The first-order valence-electron chi connectivity index (χ1n) is 8.17. The standard InChI is InChI=1S/C19H11F3N4O.FH/c20-12-4-2-11(3-5-12)19-13-6-7-14(21)23-16(13)17(19)24-18(25-19)10-1-8-15(27)26(22)9-10;/h1-9,17H,(H,24,25);1H/t17-,19?;/m0./s1. The van der Waals surface area contributed by atoms with Crippen molar-refractivity contribution in [3.63, 3.8) is 0 Å². The molecule has 1 unspecified atom stereocenters. The zero-order valence-corrected chi connectivity index (χ0v) is 14.1. The summed E-state index contributed by atoms with van der Waals surface area (Å²) < 4.78 is 40.7. The number of nitrogens with zero attached hydrogens (tertiary/aromatic N) is 3. The predicted molar refractivity (Wildman–Crippen MR) is 93.5 cm³/mol. The van der Waals surface area contributed by atoms with Gasteiger partial charge in [-0.1, -0.05) is 16.6 Å². The van der Waals surface area contributed by atoms with E-state index in [0.29, 0.717) is 22.7 Å². The van der Waals surface area contributed by atoms with Crippen LogP contribution in [-0.4, -0.2) is 15.6 Å². The number of pyridine rings is 2. The Morgan fingerprint density at radius 3 is 2.50 bits per heavy atom. The van der Waals surface area contributed by atoms with Crippen molar-refractivity contribution in [2.24, 2.45) is 4.99 Å². The van der Waals surface area contributed by atoms with Gasteiger partial charge in [-0.15, -0.1) is 4.79 Å². The molecule has 2 aromatic heterocycles. The van der Waals surface area contributed by atoms with Crippen molar-refractivity contribution in [2.75, 3.05) is 0 Å². The van der Waals surface area contributed by atoms with Crippen molar-refractivity contribution in [1.82, 2.24) is 15.1 Å². The summed E-state index contributed by atoms with van der Waals surface area (Å²) in [5, 5.41) is 3.26. The van der Waals surface area contributed by atoms with Gasteiger partial charge < -0.3 is 5.32 Å². The minimum Gasteiger partial charge on any atom is -0.354 e. The highest BCUT2D eigenvalue weighted by atomic mass is 19.2. The van der Waals surface area contributed by atoms with Crippen LogP contribution in [0.15, 0.2) is 64.5 Å². The van der Waals surface area contributed by atoms with Gasteiger partial charge in [-0.05, 0) is 35.9 Å². The molecular formula is C19H12F4N4O. The molecule has 2 aliphatic rings. The average Bonchev–Trinajstić information content (AvgIpc) is 3.00. The molecule has 5 nitrogen and oxygen atoms in total. The monoisotopic (exact) mass is 388 g/mol. The number of rotatable bonds is 2. The maximum absolute atomic E-state index is 13.6. The van der Waals surface area contributed by atoms with Crippen molar-refractivity contribution in [1.29, 1.82) is 0 Å². The van der Waals surface area contributed by atoms with E-state index in [2.05, 4.69) is 15.3 Å². The molecule has 9 heteroatoms. The first kappa shape index (κ1) is 17.9. The molecule has 1 aliphatic carbocycles. The lowest BCUT2D eigenvalue weighted by Crippen LogP contribution is -2.52. The van der Waals surface area contributed by atoms with Gasteiger partial charge in [0.05, 0.1) is 11.9 Å². The summed E-state index contributed by atoms with van der Waals surface area (Å²) in [6.45, 7) is 0. The Kier molecular flexibility index (Phi) is 3.84. The van der Waals surface area contributed by atoms with E-state index in [9.17, 15) is 18.1 Å². The molecular weight excluding hydrogens is 376 g/mol. The summed E-state index contributed by atoms with van der Waals surface area (Å²) in [5.41, 5.74) is 0.626. The predicted octanol–water partition coefficient (Wildman–Crippen LogP) is 2.75. The van der Waals surface area contributed by atoms with Crippen LogP contribution < -0.4 is 10.9 Å². The molecule has 2 atom stereocenters. The Morgan fingerprint density at radius 2 is 1.79 bits per heavy atom. The number of hydrogen-bond donors (Lipinski definition) is 1. The third-order valence-electron chi connectivity index (χ3n) is 5.00. The Balaban J connectivity index is 0.00000192. The molecule has 0 fully saturated rings. The van der Waals surface area contributed by atoms with Crippen molar-refractivity contribution < 1.29 is 18.0 Å². The van der Waals surface area contributed by atoms with Crippen LogP contribution in [0.5, 0.6) is 0 Å². The second-order valence-electron chi connectivity index (χ2n) is 6.45. The van der Waals surface area contributed by atoms with Crippen molar-refractivity contribution in [3.05, 3.63) is 99.2 Å². The van der Waals surface area contributed by atoms with Gasteiger partial charge in [0.2, 0.25) is 5.95 Å². The zero-order valence-electron chi connectivity index (χ0n) is 14.1. The van der Waals surface area contributed by atoms with Gasteiger partial charge in [-0.25, -0.2) is 9.37 Å². The fourth-order valence-electron chi connectivity index (χ4n) is 3.75. The first-order valence-corrected chi connectivity index (χ1v) is 8.17. The summed E-state index contributed by atoms with van der Waals surface area (Å²) in [4.78, 5) is 19.8. The minimum absolute atomic E-state index is 0. The molecule has 3 heterocycles. The van der Waals surface area contributed by atoms with Gasteiger partial charge in [0.1, 0.15) is 23.2 Å². The molecule has 0 saturated heterocycles. The van der Waals surface area contributed by atoms with E-state index in [1.807, 2.05) is 0 Å². The lowest BCUT2D eigenvalue weighted by molar-refractivity contribution is 0.340. The number of halogens is 4. The lowest BCUT2D eigenvalue weighted by atomic mass is 9.66. The Labute approximate surface area is 155 Å². The summed E-state index contributed by atoms with van der Waals surface area (Å²) in [6.07, 6.45) is 1.02. The molecule has 0 amide bonds. The van der Waals surface area contributed by atoms with Crippen LogP contribution in [0, 0.1) is 11.8 Å². The molecule has 1 N–H and O–H groups in total. The highest BCUT2D eigenvalue weighted by Gasteiger charge is 2.58. The van der Waals surface area contributed by atoms with Gasteiger partial charge >= 0.3 is 0 Å². The third-order valence-corrected chi connectivity index (χ3v) is 5.00. The van der Waals surface area contributed by atoms with Crippen LogP contribution in [0.25, 0.3) is 0 Å². The van der Waals surface area contributed by atoms with Gasteiger partial charge in [-0.2, -0.15) is 4.39 Å². The molecule has 0 radical (unpaired) electrons. The smallest absolute Gasteiger partial charge is 0.278 e. The van der Waals surface area contributed by atoms with Gasteiger partial charge in [0, 0.05) is 17.2 Å².